The highest BCUT2D eigenvalue weighted by Gasteiger charge is 2.07. The third-order valence-corrected chi connectivity index (χ3v) is 1.78. The lowest BCUT2D eigenvalue weighted by Gasteiger charge is -2.26. The van der Waals surface area contributed by atoms with Gasteiger partial charge >= 0.3 is 0 Å². The molecule has 5 nitrogen and oxygen atoms in total. The van der Waals surface area contributed by atoms with Gasteiger partial charge in [-0.05, 0) is 34.0 Å². The molecule has 0 heterocycles. The normalized spacial score (nSPS) is 12.9. The van der Waals surface area contributed by atoms with Gasteiger partial charge in [-0.25, -0.2) is 0 Å². The molecule has 0 aromatic rings. The molecule has 1 amide bonds. The van der Waals surface area contributed by atoms with Crippen LogP contribution in [0.5, 0.6) is 0 Å². The van der Waals surface area contributed by atoms with Gasteiger partial charge in [-0.15, -0.1) is 0 Å². The van der Waals surface area contributed by atoms with E-state index in [1.165, 1.54) is 0 Å². The van der Waals surface area contributed by atoms with Crippen LogP contribution in [0.2, 0.25) is 0 Å². The minimum Gasteiger partial charge on any atom is -0.530 e. The maximum atomic E-state index is 10.6. The maximum absolute atomic E-state index is 10.6. The molecule has 0 aliphatic rings. The maximum Gasteiger partial charge on any atom is 0.137 e. The molecule has 0 aromatic carbocycles. The summed E-state index contributed by atoms with van der Waals surface area (Å²) in [5, 5.41) is 19.6. The molecule has 0 radical (unpaired) electrons. The van der Waals surface area contributed by atoms with E-state index in [-0.39, 0.29) is 6.54 Å². The molecule has 1 atom stereocenters. The lowest BCUT2D eigenvalue weighted by atomic mass is 10.3. The second-order valence-corrected chi connectivity index (χ2v) is 3.72. The summed E-state index contributed by atoms with van der Waals surface area (Å²) in [6, 6.07) is 0. The van der Waals surface area contributed by atoms with Crippen molar-refractivity contribution < 1.29 is 15.0 Å². The Kier molecular flexibility index (Phi) is 6.23. The van der Waals surface area contributed by atoms with Crippen molar-refractivity contribution in [2.24, 2.45) is 0 Å². The van der Waals surface area contributed by atoms with Crippen molar-refractivity contribution in [2.45, 2.75) is 19.4 Å². The van der Waals surface area contributed by atoms with Crippen LogP contribution in [-0.2, 0) is 0 Å². The van der Waals surface area contributed by atoms with Gasteiger partial charge in [0.25, 0.3) is 0 Å². The first-order valence-corrected chi connectivity index (χ1v) is 4.72. The van der Waals surface area contributed by atoms with Gasteiger partial charge in [-0.3, -0.25) is 0 Å². The Hall–Kier alpha value is -0.810. The number of carboxylic acid groups (broad SMARTS) is 1. The van der Waals surface area contributed by atoms with Crippen molar-refractivity contribution in [2.75, 3.05) is 33.7 Å². The van der Waals surface area contributed by atoms with Crippen LogP contribution < -0.4 is 5.11 Å². The third kappa shape index (κ3) is 6.68. The zero-order chi connectivity index (χ0) is 11.1. The van der Waals surface area contributed by atoms with Crippen LogP contribution >= 0.6 is 0 Å². The van der Waals surface area contributed by atoms with E-state index in [0.717, 1.165) is 17.9 Å². The number of aliphatic hydroxyl groups excluding tert-OH is 1. The van der Waals surface area contributed by atoms with E-state index in [4.69, 9.17) is 5.11 Å². The number of hydrogen-bond donors (Lipinski definition) is 1. The van der Waals surface area contributed by atoms with E-state index < -0.39 is 12.2 Å². The minimum atomic E-state index is -1.22. The van der Waals surface area contributed by atoms with Gasteiger partial charge in [0.2, 0.25) is 0 Å². The van der Waals surface area contributed by atoms with Gasteiger partial charge in [-0.2, -0.15) is 0 Å². The van der Waals surface area contributed by atoms with Crippen molar-refractivity contribution in [3.63, 3.8) is 0 Å². The Balaban J connectivity index is 3.80. The average Bonchev–Trinajstić information content (AvgIpc) is 2.00. The molecule has 0 bridgehead atoms. The van der Waals surface area contributed by atoms with Crippen LogP contribution in [0.1, 0.15) is 13.3 Å². The number of carbonyl (C=O) groups is 1. The van der Waals surface area contributed by atoms with Crippen LogP contribution in [0.15, 0.2) is 0 Å². The zero-order valence-electron chi connectivity index (χ0n) is 9.06. The lowest BCUT2D eigenvalue weighted by Crippen LogP contribution is -2.45. The highest BCUT2D eigenvalue weighted by atomic mass is 16.4. The van der Waals surface area contributed by atoms with Crippen molar-refractivity contribution in [3.8, 4) is 0 Å². The second kappa shape index (κ2) is 6.62. The largest absolute Gasteiger partial charge is 0.530 e. The van der Waals surface area contributed by atoms with Crippen molar-refractivity contribution in [1.29, 1.82) is 0 Å². The van der Waals surface area contributed by atoms with Crippen molar-refractivity contribution in [3.05, 3.63) is 0 Å². The molecule has 14 heavy (non-hydrogen) atoms. The molecule has 0 spiro atoms. The predicted molar refractivity (Wildman–Crippen MR) is 51.8 cm³/mol. The summed E-state index contributed by atoms with van der Waals surface area (Å²) in [6.07, 6.45) is -1.12. The fourth-order valence-corrected chi connectivity index (χ4v) is 1.15. The highest BCUT2D eigenvalue weighted by Crippen LogP contribution is 1.95. The van der Waals surface area contributed by atoms with E-state index >= 15 is 0 Å². The molecular weight excluding hydrogens is 184 g/mol. The molecule has 0 rings (SSSR count). The number of aliphatic hydroxyl groups is 1. The number of nitrogens with zero attached hydrogens (tertiary/aromatic N) is 2. The summed E-state index contributed by atoms with van der Waals surface area (Å²) in [7, 11) is 3.86. The third-order valence-electron chi connectivity index (χ3n) is 1.78. The van der Waals surface area contributed by atoms with Gasteiger partial charge in [0.1, 0.15) is 6.09 Å². The first kappa shape index (κ1) is 13.2. The van der Waals surface area contributed by atoms with Gasteiger partial charge in [0.15, 0.2) is 0 Å². The van der Waals surface area contributed by atoms with Crippen LogP contribution in [-0.4, -0.2) is 60.8 Å². The summed E-state index contributed by atoms with van der Waals surface area (Å²) in [5.41, 5.74) is 0. The fourth-order valence-electron chi connectivity index (χ4n) is 1.15. The van der Waals surface area contributed by atoms with Crippen LogP contribution in [0, 0.1) is 0 Å². The second-order valence-electron chi connectivity index (χ2n) is 3.72. The molecule has 0 aliphatic heterocycles. The van der Waals surface area contributed by atoms with Crippen LogP contribution in [0.3, 0.4) is 0 Å². The smallest absolute Gasteiger partial charge is 0.137 e. The minimum absolute atomic E-state index is 0.121. The van der Waals surface area contributed by atoms with E-state index in [9.17, 15) is 9.90 Å². The quantitative estimate of drug-likeness (QED) is 0.599. The molecule has 1 unspecified atom stereocenters. The van der Waals surface area contributed by atoms with Crippen LogP contribution in [0.4, 0.5) is 4.79 Å². The number of rotatable bonds is 6. The van der Waals surface area contributed by atoms with Gasteiger partial charge in [0.05, 0.1) is 6.10 Å². The SMILES string of the molecule is CC(O)CN(CCCN(C)C)C(=O)[O-]. The molecular formula is C9H19N2O3-. The molecule has 0 saturated heterocycles. The van der Waals surface area contributed by atoms with E-state index in [0.29, 0.717) is 6.54 Å². The Morgan fingerprint density at radius 2 is 2.00 bits per heavy atom. The molecule has 0 aliphatic carbocycles. The standard InChI is InChI=1S/C9H20N2O3/c1-8(12)7-11(9(13)14)6-4-5-10(2)3/h8,12H,4-7H2,1-3H3,(H,13,14)/p-1. The summed E-state index contributed by atoms with van der Waals surface area (Å²) >= 11 is 0. The summed E-state index contributed by atoms with van der Waals surface area (Å²) < 4.78 is 0. The summed E-state index contributed by atoms with van der Waals surface area (Å²) in [6.45, 7) is 2.91. The number of carbonyl (C=O) groups excluding carboxylic acids is 1. The number of amides is 1. The van der Waals surface area contributed by atoms with Gasteiger partial charge in [-0.1, -0.05) is 0 Å². The zero-order valence-corrected chi connectivity index (χ0v) is 9.06. The summed E-state index contributed by atoms with van der Waals surface area (Å²) in [5.74, 6) is 0. The van der Waals surface area contributed by atoms with E-state index in [1.807, 2.05) is 19.0 Å². The van der Waals surface area contributed by atoms with Crippen molar-refractivity contribution in [1.82, 2.24) is 9.80 Å². The predicted octanol–water partition coefficient (Wildman–Crippen LogP) is -1.04. The van der Waals surface area contributed by atoms with Gasteiger partial charge in [0, 0.05) is 13.1 Å². The Morgan fingerprint density at radius 1 is 1.43 bits per heavy atom. The topological polar surface area (TPSA) is 66.8 Å². The molecule has 0 aromatic heterocycles. The van der Waals surface area contributed by atoms with E-state index in [1.54, 1.807) is 6.92 Å². The molecule has 1 N–H and O–H groups in total. The molecule has 84 valence electrons. The lowest BCUT2D eigenvalue weighted by molar-refractivity contribution is -0.266. The first-order chi connectivity index (χ1) is 6.43. The average molecular weight is 203 g/mol. The van der Waals surface area contributed by atoms with E-state index in [2.05, 4.69) is 0 Å². The molecule has 0 fully saturated rings. The highest BCUT2D eigenvalue weighted by molar-refractivity contribution is 5.62. The fraction of sp³-hybridized carbons (Fsp3) is 0.889. The molecule has 5 heteroatoms. The van der Waals surface area contributed by atoms with Crippen molar-refractivity contribution >= 4 is 6.09 Å². The molecule has 0 saturated carbocycles. The monoisotopic (exact) mass is 203 g/mol. The number of hydrogen-bond acceptors (Lipinski definition) is 4. The Bertz CT molecular complexity index is 171. The summed E-state index contributed by atoms with van der Waals surface area (Å²) in [4.78, 5) is 13.7. The Labute approximate surface area is 84.9 Å². The van der Waals surface area contributed by atoms with Gasteiger partial charge < -0.3 is 24.8 Å². The first-order valence-electron chi connectivity index (χ1n) is 4.72. The van der Waals surface area contributed by atoms with Crippen LogP contribution in [0.25, 0.3) is 0 Å². The Morgan fingerprint density at radius 3 is 2.36 bits per heavy atom.